The third-order valence-corrected chi connectivity index (χ3v) is 4.21. The van der Waals surface area contributed by atoms with Crippen LogP contribution in [0.15, 0.2) is 24.3 Å². The fourth-order valence-corrected chi connectivity index (χ4v) is 2.89. The van der Waals surface area contributed by atoms with Gasteiger partial charge in [-0.25, -0.2) is 9.59 Å². The largest absolute Gasteiger partial charge is 0.508 e. The van der Waals surface area contributed by atoms with Gasteiger partial charge in [0.25, 0.3) is 0 Å². The van der Waals surface area contributed by atoms with Crippen molar-refractivity contribution in [3.63, 3.8) is 0 Å². The number of likely N-dealkylation sites (tertiary alicyclic amines) is 1. The van der Waals surface area contributed by atoms with Crippen molar-refractivity contribution < 1.29 is 19.8 Å². The zero-order valence-corrected chi connectivity index (χ0v) is 12.2. The molecule has 1 aromatic carbocycles. The van der Waals surface area contributed by atoms with Crippen molar-refractivity contribution in [2.45, 2.75) is 31.7 Å². The first kappa shape index (κ1) is 15.2. The van der Waals surface area contributed by atoms with E-state index in [1.165, 1.54) is 21.9 Å². The SMILES string of the molecule is CCC1(C(=O)O)CCCN1C(=O)N(C)c1cccc(O)c1. The van der Waals surface area contributed by atoms with Crippen molar-refractivity contribution in [1.29, 1.82) is 0 Å². The molecule has 2 N–H and O–H groups in total. The van der Waals surface area contributed by atoms with Gasteiger partial charge < -0.3 is 15.1 Å². The molecule has 1 saturated heterocycles. The minimum absolute atomic E-state index is 0.0635. The summed E-state index contributed by atoms with van der Waals surface area (Å²) in [5.74, 6) is -0.895. The van der Waals surface area contributed by atoms with Crippen molar-refractivity contribution in [2.75, 3.05) is 18.5 Å². The van der Waals surface area contributed by atoms with Crippen molar-refractivity contribution >= 4 is 17.7 Å². The Bertz CT molecular complexity index is 560. The quantitative estimate of drug-likeness (QED) is 0.895. The Kier molecular flexibility index (Phi) is 4.06. The highest BCUT2D eigenvalue weighted by molar-refractivity contribution is 5.96. The van der Waals surface area contributed by atoms with Gasteiger partial charge in [0, 0.05) is 25.3 Å². The predicted molar refractivity (Wildman–Crippen MR) is 78.5 cm³/mol. The van der Waals surface area contributed by atoms with Crippen LogP contribution in [0, 0.1) is 0 Å². The molecule has 1 aromatic rings. The second kappa shape index (κ2) is 5.63. The van der Waals surface area contributed by atoms with Crippen LogP contribution >= 0.6 is 0 Å². The minimum atomic E-state index is -1.12. The van der Waals surface area contributed by atoms with Gasteiger partial charge in [0.15, 0.2) is 0 Å². The summed E-state index contributed by atoms with van der Waals surface area (Å²) >= 11 is 0. The summed E-state index contributed by atoms with van der Waals surface area (Å²) in [5.41, 5.74) is -0.593. The topological polar surface area (TPSA) is 81.1 Å². The molecule has 0 saturated carbocycles. The van der Waals surface area contributed by atoms with Crippen LogP contribution in [-0.4, -0.2) is 46.2 Å². The normalized spacial score (nSPS) is 21.3. The third-order valence-electron chi connectivity index (χ3n) is 4.21. The molecule has 0 aromatic heterocycles. The molecule has 114 valence electrons. The Morgan fingerprint density at radius 1 is 1.43 bits per heavy atom. The van der Waals surface area contributed by atoms with Crippen molar-refractivity contribution in [2.24, 2.45) is 0 Å². The lowest BCUT2D eigenvalue weighted by atomic mass is 9.93. The zero-order valence-electron chi connectivity index (χ0n) is 12.2. The number of carboxylic acids is 1. The summed E-state index contributed by atoms with van der Waals surface area (Å²) in [7, 11) is 1.58. The van der Waals surface area contributed by atoms with Crippen LogP contribution in [0.3, 0.4) is 0 Å². The molecule has 1 aliphatic rings. The van der Waals surface area contributed by atoms with Gasteiger partial charge in [-0.2, -0.15) is 0 Å². The number of anilines is 1. The van der Waals surface area contributed by atoms with Gasteiger partial charge in [0.1, 0.15) is 11.3 Å². The molecule has 1 aliphatic heterocycles. The molecule has 1 fully saturated rings. The standard InChI is InChI=1S/C15H20N2O4/c1-3-15(13(19)20)8-5-9-17(15)14(21)16(2)11-6-4-7-12(18)10-11/h4,6-7,10,18H,3,5,8-9H2,1-2H3,(H,19,20). The molecular formula is C15H20N2O4. The number of aliphatic carboxylic acids is 1. The van der Waals surface area contributed by atoms with E-state index in [0.717, 1.165) is 0 Å². The highest BCUT2D eigenvalue weighted by atomic mass is 16.4. The average Bonchev–Trinajstić information content (AvgIpc) is 2.90. The fraction of sp³-hybridized carbons (Fsp3) is 0.467. The molecule has 6 nitrogen and oxygen atoms in total. The van der Waals surface area contributed by atoms with Crippen molar-refractivity contribution in [3.05, 3.63) is 24.3 Å². The van der Waals surface area contributed by atoms with Crippen LogP contribution < -0.4 is 4.90 Å². The lowest BCUT2D eigenvalue weighted by molar-refractivity contribution is -0.148. The number of aromatic hydroxyl groups is 1. The minimum Gasteiger partial charge on any atom is -0.508 e. The molecule has 0 aliphatic carbocycles. The van der Waals surface area contributed by atoms with E-state index in [1.807, 2.05) is 0 Å². The molecule has 0 bridgehead atoms. The number of amides is 2. The molecule has 1 unspecified atom stereocenters. The summed E-state index contributed by atoms with van der Waals surface area (Å²) in [4.78, 5) is 27.1. The number of carbonyl (C=O) groups excluding carboxylic acids is 1. The Morgan fingerprint density at radius 2 is 2.14 bits per heavy atom. The number of phenolic OH excluding ortho intramolecular Hbond substituents is 1. The van der Waals surface area contributed by atoms with Crippen molar-refractivity contribution in [3.8, 4) is 5.75 Å². The number of carboxylic acid groups (broad SMARTS) is 1. The highest BCUT2D eigenvalue weighted by Gasteiger charge is 2.49. The fourth-order valence-electron chi connectivity index (χ4n) is 2.89. The van der Waals surface area contributed by atoms with E-state index in [-0.39, 0.29) is 11.8 Å². The summed E-state index contributed by atoms with van der Waals surface area (Å²) in [5, 5.41) is 19.0. The maximum Gasteiger partial charge on any atom is 0.329 e. The van der Waals surface area contributed by atoms with Crippen LogP contribution in [0.1, 0.15) is 26.2 Å². The van der Waals surface area contributed by atoms with E-state index in [9.17, 15) is 19.8 Å². The maximum atomic E-state index is 12.6. The zero-order chi connectivity index (χ0) is 15.6. The molecule has 0 spiro atoms. The summed E-state index contributed by atoms with van der Waals surface area (Å²) in [6.07, 6.45) is 1.53. The molecular weight excluding hydrogens is 272 g/mol. The lowest BCUT2D eigenvalue weighted by Gasteiger charge is -2.36. The lowest BCUT2D eigenvalue weighted by Crippen LogP contribution is -2.56. The molecule has 6 heteroatoms. The third kappa shape index (κ3) is 2.53. The Labute approximate surface area is 123 Å². The monoisotopic (exact) mass is 292 g/mol. The molecule has 0 radical (unpaired) electrons. The van der Waals surface area contributed by atoms with E-state index in [1.54, 1.807) is 26.1 Å². The van der Waals surface area contributed by atoms with Gasteiger partial charge in [-0.1, -0.05) is 13.0 Å². The van der Waals surface area contributed by atoms with E-state index in [0.29, 0.717) is 31.5 Å². The number of urea groups is 1. The van der Waals surface area contributed by atoms with Gasteiger partial charge in [-0.3, -0.25) is 4.90 Å². The summed E-state index contributed by atoms with van der Waals surface area (Å²) < 4.78 is 0. The smallest absolute Gasteiger partial charge is 0.329 e. The van der Waals surface area contributed by atoms with Crippen LogP contribution in [-0.2, 0) is 4.79 Å². The number of carbonyl (C=O) groups is 2. The first-order chi connectivity index (χ1) is 9.92. The average molecular weight is 292 g/mol. The number of phenols is 1. The van der Waals surface area contributed by atoms with Crippen LogP contribution in [0.4, 0.5) is 10.5 Å². The second-order valence-electron chi connectivity index (χ2n) is 5.31. The van der Waals surface area contributed by atoms with Crippen LogP contribution in [0.5, 0.6) is 5.75 Å². The Hall–Kier alpha value is -2.24. The molecule has 1 heterocycles. The van der Waals surface area contributed by atoms with E-state index in [2.05, 4.69) is 0 Å². The molecule has 2 amide bonds. The van der Waals surface area contributed by atoms with Gasteiger partial charge in [0.2, 0.25) is 0 Å². The number of hydrogen-bond donors (Lipinski definition) is 2. The second-order valence-corrected chi connectivity index (χ2v) is 5.31. The first-order valence-electron chi connectivity index (χ1n) is 7.00. The van der Waals surface area contributed by atoms with Crippen LogP contribution in [0.2, 0.25) is 0 Å². The van der Waals surface area contributed by atoms with Crippen molar-refractivity contribution in [1.82, 2.24) is 4.90 Å². The van der Waals surface area contributed by atoms with E-state index >= 15 is 0 Å². The number of benzene rings is 1. The van der Waals surface area contributed by atoms with Crippen LogP contribution in [0.25, 0.3) is 0 Å². The summed E-state index contributed by atoms with van der Waals surface area (Å²) in [6, 6.07) is 5.97. The predicted octanol–water partition coefficient (Wildman–Crippen LogP) is 2.28. The Balaban J connectivity index is 2.28. The van der Waals surface area contributed by atoms with Gasteiger partial charge in [-0.15, -0.1) is 0 Å². The Morgan fingerprint density at radius 3 is 2.71 bits per heavy atom. The summed E-state index contributed by atoms with van der Waals surface area (Å²) in [6.45, 7) is 2.22. The first-order valence-corrected chi connectivity index (χ1v) is 7.00. The highest BCUT2D eigenvalue weighted by Crippen LogP contribution is 2.34. The molecule has 21 heavy (non-hydrogen) atoms. The van der Waals surface area contributed by atoms with E-state index in [4.69, 9.17) is 0 Å². The van der Waals surface area contributed by atoms with Gasteiger partial charge in [-0.05, 0) is 31.4 Å². The number of nitrogens with zero attached hydrogens (tertiary/aromatic N) is 2. The molecule has 2 rings (SSSR count). The van der Waals surface area contributed by atoms with Gasteiger partial charge in [0.05, 0.1) is 0 Å². The van der Waals surface area contributed by atoms with E-state index < -0.39 is 11.5 Å². The van der Waals surface area contributed by atoms with Gasteiger partial charge >= 0.3 is 12.0 Å². The number of rotatable bonds is 3. The maximum absolute atomic E-state index is 12.6. The number of hydrogen-bond acceptors (Lipinski definition) is 3. The molecule has 1 atom stereocenters.